The van der Waals surface area contributed by atoms with Crippen LogP contribution in [0, 0.1) is 0 Å². The minimum Gasteiger partial charge on any atom is -0.368 e. The van der Waals surface area contributed by atoms with Crippen LogP contribution in [0.25, 0.3) is 0 Å². The van der Waals surface area contributed by atoms with Crippen LogP contribution in [-0.2, 0) is 4.79 Å². The molecule has 0 aliphatic rings. The van der Waals surface area contributed by atoms with Crippen molar-refractivity contribution in [3.63, 3.8) is 0 Å². The molecule has 0 radical (unpaired) electrons. The van der Waals surface area contributed by atoms with Crippen LogP contribution in [0.15, 0.2) is 33.6 Å². The maximum atomic E-state index is 11.3. The molecule has 1 amide bonds. The molecule has 0 aromatic heterocycles. The van der Waals surface area contributed by atoms with Gasteiger partial charge in [0.25, 0.3) is 0 Å². The van der Waals surface area contributed by atoms with Gasteiger partial charge in [0.05, 0.1) is 6.04 Å². The molecule has 0 saturated heterocycles. The average molecular weight is 331 g/mol. The van der Waals surface area contributed by atoms with E-state index in [4.69, 9.17) is 5.73 Å². The standard InChI is InChI=1S/C13H19BrN2OS/c1-9(2)16-12(13(15)17)6-7-18-11-5-3-4-10(14)8-11/h3-5,8-9,12,16H,6-7H2,1-2H3,(H2,15,17). The molecule has 0 bridgehead atoms. The van der Waals surface area contributed by atoms with E-state index in [1.807, 2.05) is 26.0 Å². The van der Waals surface area contributed by atoms with Gasteiger partial charge in [0, 0.05) is 15.4 Å². The van der Waals surface area contributed by atoms with Gasteiger partial charge in [-0.05, 0) is 30.4 Å². The van der Waals surface area contributed by atoms with E-state index in [1.54, 1.807) is 11.8 Å². The van der Waals surface area contributed by atoms with Crippen LogP contribution in [0.5, 0.6) is 0 Å². The van der Waals surface area contributed by atoms with Gasteiger partial charge in [-0.25, -0.2) is 0 Å². The fraction of sp³-hybridized carbons (Fsp3) is 0.462. The van der Waals surface area contributed by atoms with Crippen molar-refractivity contribution in [3.05, 3.63) is 28.7 Å². The number of nitrogens with one attached hydrogen (secondary N) is 1. The Balaban J connectivity index is 2.41. The van der Waals surface area contributed by atoms with E-state index in [0.717, 1.165) is 16.6 Å². The number of thioether (sulfide) groups is 1. The number of rotatable bonds is 7. The Hall–Kier alpha value is -0.520. The van der Waals surface area contributed by atoms with E-state index >= 15 is 0 Å². The number of carbonyl (C=O) groups is 1. The molecule has 1 atom stereocenters. The van der Waals surface area contributed by atoms with Gasteiger partial charge in [-0.3, -0.25) is 4.79 Å². The van der Waals surface area contributed by atoms with Gasteiger partial charge in [-0.15, -0.1) is 11.8 Å². The highest BCUT2D eigenvalue weighted by atomic mass is 79.9. The second kappa shape index (κ2) is 7.81. The summed E-state index contributed by atoms with van der Waals surface area (Å²) in [5, 5.41) is 3.18. The SMILES string of the molecule is CC(C)NC(CCSc1cccc(Br)c1)C(N)=O. The van der Waals surface area contributed by atoms with Crippen molar-refractivity contribution in [1.82, 2.24) is 5.32 Å². The van der Waals surface area contributed by atoms with E-state index in [2.05, 4.69) is 33.4 Å². The lowest BCUT2D eigenvalue weighted by Gasteiger charge is -2.17. The number of benzene rings is 1. The smallest absolute Gasteiger partial charge is 0.234 e. The molecule has 0 aliphatic carbocycles. The second-order valence-corrected chi connectivity index (χ2v) is 6.45. The molecule has 5 heteroatoms. The largest absolute Gasteiger partial charge is 0.368 e. The maximum Gasteiger partial charge on any atom is 0.234 e. The maximum absolute atomic E-state index is 11.3. The molecule has 0 aliphatic heterocycles. The van der Waals surface area contributed by atoms with Crippen LogP contribution < -0.4 is 11.1 Å². The summed E-state index contributed by atoms with van der Waals surface area (Å²) in [6, 6.07) is 8.15. The molecule has 0 heterocycles. The average Bonchev–Trinajstić information content (AvgIpc) is 2.27. The van der Waals surface area contributed by atoms with Crippen LogP contribution in [0.4, 0.5) is 0 Å². The fourth-order valence-corrected chi connectivity index (χ4v) is 3.09. The molecular formula is C13H19BrN2OS. The number of halogens is 1. The zero-order valence-electron chi connectivity index (χ0n) is 10.7. The summed E-state index contributed by atoms with van der Waals surface area (Å²) in [5.41, 5.74) is 5.37. The monoisotopic (exact) mass is 330 g/mol. The molecule has 0 saturated carbocycles. The van der Waals surface area contributed by atoms with Gasteiger partial charge in [0.1, 0.15) is 0 Å². The highest BCUT2D eigenvalue weighted by molar-refractivity contribution is 9.10. The lowest BCUT2D eigenvalue weighted by atomic mass is 10.2. The molecule has 100 valence electrons. The number of carbonyl (C=O) groups excluding carboxylic acids is 1. The van der Waals surface area contributed by atoms with Crippen molar-refractivity contribution in [3.8, 4) is 0 Å². The zero-order valence-corrected chi connectivity index (χ0v) is 13.1. The first-order valence-corrected chi connectivity index (χ1v) is 7.70. The number of amides is 1. The van der Waals surface area contributed by atoms with Crippen LogP contribution >= 0.6 is 27.7 Å². The molecule has 1 rings (SSSR count). The number of hydrogen-bond acceptors (Lipinski definition) is 3. The van der Waals surface area contributed by atoms with Gasteiger partial charge in [0.15, 0.2) is 0 Å². The molecule has 0 spiro atoms. The third-order valence-corrected chi connectivity index (χ3v) is 3.87. The third-order valence-electron chi connectivity index (χ3n) is 2.35. The van der Waals surface area contributed by atoms with Crippen LogP contribution in [0.3, 0.4) is 0 Å². The lowest BCUT2D eigenvalue weighted by molar-refractivity contribution is -0.120. The van der Waals surface area contributed by atoms with Crippen molar-refractivity contribution in [2.24, 2.45) is 5.73 Å². The van der Waals surface area contributed by atoms with Crippen molar-refractivity contribution < 1.29 is 4.79 Å². The normalized spacial score (nSPS) is 12.7. The molecule has 0 fully saturated rings. The van der Waals surface area contributed by atoms with Gasteiger partial charge in [-0.1, -0.05) is 35.8 Å². The number of hydrogen-bond donors (Lipinski definition) is 2. The van der Waals surface area contributed by atoms with Crippen LogP contribution in [0.2, 0.25) is 0 Å². The first-order valence-electron chi connectivity index (χ1n) is 5.92. The van der Waals surface area contributed by atoms with E-state index in [-0.39, 0.29) is 18.0 Å². The van der Waals surface area contributed by atoms with E-state index < -0.39 is 0 Å². The lowest BCUT2D eigenvalue weighted by Crippen LogP contribution is -2.44. The molecule has 1 aromatic rings. The Kier molecular flexibility index (Phi) is 6.75. The van der Waals surface area contributed by atoms with E-state index in [0.29, 0.717) is 0 Å². The van der Waals surface area contributed by atoms with Crippen molar-refractivity contribution >= 4 is 33.6 Å². The van der Waals surface area contributed by atoms with Gasteiger partial charge < -0.3 is 11.1 Å². The summed E-state index contributed by atoms with van der Waals surface area (Å²) in [4.78, 5) is 12.5. The number of primary amides is 1. The van der Waals surface area contributed by atoms with E-state index in [9.17, 15) is 4.79 Å². The Morgan fingerprint density at radius 3 is 2.78 bits per heavy atom. The minimum absolute atomic E-state index is 0.246. The summed E-state index contributed by atoms with van der Waals surface area (Å²) in [5.74, 6) is 0.586. The second-order valence-electron chi connectivity index (χ2n) is 4.37. The first-order chi connectivity index (χ1) is 8.49. The van der Waals surface area contributed by atoms with Crippen molar-refractivity contribution in [1.29, 1.82) is 0 Å². The van der Waals surface area contributed by atoms with Gasteiger partial charge >= 0.3 is 0 Å². The number of nitrogens with two attached hydrogens (primary N) is 1. The summed E-state index contributed by atoms with van der Waals surface area (Å²) in [6.45, 7) is 4.02. The predicted octanol–water partition coefficient (Wildman–Crippen LogP) is 2.78. The van der Waals surface area contributed by atoms with E-state index in [1.165, 1.54) is 4.90 Å². The topological polar surface area (TPSA) is 55.1 Å². The molecule has 1 aromatic carbocycles. The van der Waals surface area contributed by atoms with Crippen molar-refractivity contribution in [2.75, 3.05) is 5.75 Å². The first kappa shape index (κ1) is 15.5. The van der Waals surface area contributed by atoms with Crippen molar-refractivity contribution in [2.45, 2.75) is 37.2 Å². The highest BCUT2D eigenvalue weighted by Gasteiger charge is 2.15. The fourth-order valence-electron chi connectivity index (χ4n) is 1.56. The molecule has 3 nitrogen and oxygen atoms in total. The Labute approximate surface area is 121 Å². The van der Waals surface area contributed by atoms with Crippen LogP contribution in [0.1, 0.15) is 20.3 Å². The Morgan fingerprint density at radius 1 is 1.50 bits per heavy atom. The Morgan fingerprint density at radius 2 is 2.22 bits per heavy atom. The van der Waals surface area contributed by atoms with Gasteiger partial charge in [-0.2, -0.15) is 0 Å². The highest BCUT2D eigenvalue weighted by Crippen LogP contribution is 2.22. The minimum atomic E-state index is -0.279. The third kappa shape index (κ3) is 5.89. The molecule has 1 unspecified atom stereocenters. The molecular weight excluding hydrogens is 312 g/mol. The Bertz CT molecular complexity index is 398. The molecule has 18 heavy (non-hydrogen) atoms. The summed E-state index contributed by atoms with van der Waals surface area (Å²) >= 11 is 5.17. The quantitative estimate of drug-likeness (QED) is 0.756. The van der Waals surface area contributed by atoms with Gasteiger partial charge in [0.2, 0.25) is 5.91 Å². The predicted molar refractivity (Wildman–Crippen MR) is 80.7 cm³/mol. The summed E-state index contributed by atoms with van der Waals surface area (Å²) in [6.07, 6.45) is 0.741. The summed E-state index contributed by atoms with van der Waals surface area (Å²) in [7, 11) is 0. The summed E-state index contributed by atoms with van der Waals surface area (Å²) < 4.78 is 1.07. The zero-order chi connectivity index (χ0) is 13.5. The molecule has 3 N–H and O–H groups in total. The van der Waals surface area contributed by atoms with Crippen LogP contribution in [-0.4, -0.2) is 23.7 Å².